The number of amides is 1. The van der Waals surface area contributed by atoms with E-state index < -0.39 is 6.09 Å². The summed E-state index contributed by atoms with van der Waals surface area (Å²) in [6.07, 6.45) is 3.12. The topological polar surface area (TPSA) is 95.8 Å². The normalized spacial score (nSPS) is 17.8. The lowest BCUT2D eigenvalue weighted by Crippen LogP contribution is -2.33. The van der Waals surface area contributed by atoms with Crippen molar-refractivity contribution < 1.29 is 19.0 Å². The Labute approximate surface area is 230 Å². The number of nitrogens with zero attached hydrogens (tertiary/aromatic N) is 4. The summed E-state index contributed by atoms with van der Waals surface area (Å²) in [4.78, 5) is 39.0. The first-order valence-corrected chi connectivity index (χ1v) is 13.9. The van der Waals surface area contributed by atoms with E-state index in [1.54, 1.807) is 35.8 Å². The molecule has 1 aliphatic heterocycles. The Morgan fingerprint density at radius 1 is 1.08 bits per heavy atom. The molecule has 202 valence electrons. The molecule has 4 aromatic rings. The largest absolute Gasteiger partial charge is 0.497 e. The highest BCUT2D eigenvalue weighted by atomic mass is 32.1. The van der Waals surface area contributed by atoms with Gasteiger partial charge in [0.05, 0.1) is 26.8 Å². The second kappa shape index (κ2) is 10.00. The van der Waals surface area contributed by atoms with Gasteiger partial charge in [-0.2, -0.15) is 0 Å². The van der Waals surface area contributed by atoms with Crippen LogP contribution >= 0.6 is 11.3 Å². The quantitative estimate of drug-likeness (QED) is 0.310. The van der Waals surface area contributed by atoms with Crippen LogP contribution in [0.2, 0.25) is 0 Å². The van der Waals surface area contributed by atoms with Crippen molar-refractivity contribution in [1.82, 2.24) is 19.4 Å². The van der Waals surface area contributed by atoms with Crippen LogP contribution in [-0.4, -0.2) is 46.3 Å². The third-order valence-corrected chi connectivity index (χ3v) is 8.67. The second-order valence-corrected chi connectivity index (χ2v) is 11.3. The summed E-state index contributed by atoms with van der Waals surface area (Å²) in [6.45, 7) is 3.03. The third kappa shape index (κ3) is 4.73. The molecule has 2 aromatic carbocycles. The van der Waals surface area contributed by atoms with Crippen LogP contribution in [0.25, 0.3) is 10.3 Å². The fourth-order valence-corrected chi connectivity index (χ4v) is 6.21. The van der Waals surface area contributed by atoms with Gasteiger partial charge in [-0.3, -0.25) is 14.3 Å². The Balaban J connectivity index is 1.37. The smallest absolute Gasteiger partial charge is 0.415 e. The summed E-state index contributed by atoms with van der Waals surface area (Å²) in [7, 11) is 3.21. The van der Waals surface area contributed by atoms with E-state index in [9.17, 15) is 9.59 Å². The van der Waals surface area contributed by atoms with E-state index in [1.807, 2.05) is 36.4 Å². The number of benzene rings is 2. The summed E-state index contributed by atoms with van der Waals surface area (Å²) in [5, 5.41) is 0.712. The monoisotopic (exact) mass is 546 g/mol. The van der Waals surface area contributed by atoms with Crippen molar-refractivity contribution in [2.75, 3.05) is 20.8 Å². The number of rotatable bonds is 7. The molecule has 9 nitrogen and oxygen atoms in total. The summed E-state index contributed by atoms with van der Waals surface area (Å²) >= 11 is 1.40. The maximum absolute atomic E-state index is 13.9. The second-order valence-electron chi connectivity index (χ2n) is 10.3. The zero-order valence-corrected chi connectivity index (χ0v) is 23.0. The lowest BCUT2D eigenvalue weighted by atomic mass is 10.1. The van der Waals surface area contributed by atoms with E-state index in [2.05, 4.69) is 6.92 Å². The highest BCUT2D eigenvalue weighted by Crippen LogP contribution is 2.47. The lowest BCUT2D eigenvalue weighted by Gasteiger charge is -2.22. The van der Waals surface area contributed by atoms with Gasteiger partial charge in [0.2, 0.25) is 0 Å². The average molecular weight is 547 g/mol. The minimum absolute atomic E-state index is 0.157. The van der Waals surface area contributed by atoms with Crippen LogP contribution in [-0.2, 0) is 12.0 Å². The molecule has 2 fully saturated rings. The first-order valence-electron chi connectivity index (χ1n) is 13.1. The predicted molar refractivity (Wildman–Crippen MR) is 148 cm³/mol. The molecule has 1 unspecified atom stereocenters. The first kappa shape index (κ1) is 25.4. The first-order chi connectivity index (χ1) is 18.9. The van der Waals surface area contributed by atoms with Gasteiger partial charge in [-0.15, -0.1) is 0 Å². The van der Waals surface area contributed by atoms with E-state index >= 15 is 0 Å². The van der Waals surface area contributed by atoms with Crippen molar-refractivity contribution in [2.24, 2.45) is 0 Å². The highest BCUT2D eigenvalue weighted by Gasteiger charge is 2.44. The van der Waals surface area contributed by atoms with E-state index in [4.69, 9.17) is 24.2 Å². The number of fused-ring (bicyclic) bond motifs is 1. The van der Waals surface area contributed by atoms with E-state index in [-0.39, 0.29) is 17.0 Å². The summed E-state index contributed by atoms with van der Waals surface area (Å²) in [5.74, 6) is 2.59. The number of aromatic nitrogens is 3. The minimum Gasteiger partial charge on any atom is -0.497 e. The molecule has 2 aliphatic rings. The van der Waals surface area contributed by atoms with Crippen molar-refractivity contribution in [3.05, 3.63) is 75.3 Å². The number of hydrogen-bond acceptors (Lipinski definition) is 8. The molecule has 2 aromatic heterocycles. The van der Waals surface area contributed by atoms with Crippen molar-refractivity contribution in [1.29, 1.82) is 0 Å². The van der Waals surface area contributed by atoms with Gasteiger partial charge < -0.3 is 14.2 Å². The number of thiazole rings is 1. The minimum atomic E-state index is -0.411. The average Bonchev–Trinajstić information content (AvgIpc) is 3.33. The van der Waals surface area contributed by atoms with Gasteiger partial charge in [-0.25, -0.2) is 14.8 Å². The Morgan fingerprint density at radius 3 is 2.59 bits per heavy atom. The molecule has 6 rings (SSSR count). The Kier molecular flexibility index (Phi) is 6.50. The van der Waals surface area contributed by atoms with Gasteiger partial charge >= 0.3 is 6.09 Å². The number of likely N-dealkylation sites (tertiary alicyclic amines) is 1. The number of carbonyl (C=O) groups excluding carboxylic acids is 1. The number of carbonyl (C=O) groups is 1. The van der Waals surface area contributed by atoms with E-state index in [0.29, 0.717) is 45.7 Å². The molecule has 39 heavy (non-hydrogen) atoms. The van der Waals surface area contributed by atoms with Crippen molar-refractivity contribution in [3.8, 4) is 17.2 Å². The molecule has 0 radical (unpaired) electrons. The number of methoxy groups -OCH3 is 2. The summed E-state index contributed by atoms with van der Waals surface area (Å²) in [5.41, 5.74) is 0.850. The molecule has 1 aliphatic carbocycles. The standard InChI is InChI=1S/C29H30N4O5S/c1-29(13-14-29)27-31-25-23(26(34)33(27)17-18-11-12-20(36-2)16-22(18)37-3)30-24(39-25)21-10-7-15-32(21)28(35)38-19-8-5-4-6-9-19/h4-6,8-9,11-12,16,21H,7,10,13-15,17H2,1-3H3. The molecule has 1 atom stereocenters. The van der Waals surface area contributed by atoms with E-state index in [1.165, 1.54) is 11.3 Å². The van der Waals surface area contributed by atoms with E-state index in [0.717, 1.165) is 37.1 Å². The van der Waals surface area contributed by atoms with Crippen molar-refractivity contribution in [2.45, 2.75) is 50.6 Å². The molecular weight excluding hydrogens is 516 g/mol. The van der Waals surface area contributed by atoms with Gasteiger partial charge in [-0.05, 0) is 49.9 Å². The van der Waals surface area contributed by atoms with Crippen molar-refractivity contribution >= 4 is 27.8 Å². The number of ether oxygens (including phenoxy) is 3. The summed E-state index contributed by atoms with van der Waals surface area (Å²) < 4.78 is 18.3. The maximum atomic E-state index is 13.9. The molecule has 1 saturated heterocycles. The molecule has 1 saturated carbocycles. The lowest BCUT2D eigenvalue weighted by molar-refractivity contribution is 0.147. The van der Waals surface area contributed by atoms with Crippen LogP contribution in [0.4, 0.5) is 4.79 Å². The Morgan fingerprint density at radius 2 is 1.87 bits per heavy atom. The maximum Gasteiger partial charge on any atom is 0.415 e. The fourth-order valence-electron chi connectivity index (χ4n) is 5.13. The van der Waals surface area contributed by atoms with Gasteiger partial charge in [0.25, 0.3) is 5.56 Å². The Bertz CT molecular complexity index is 1590. The molecule has 3 heterocycles. The molecule has 0 spiro atoms. The van der Waals surface area contributed by atoms with Crippen LogP contribution in [0.3, 0.4) is 0 Å². The molecule has 0 bridgehead atoms. The molecule has 10 heteroatoms. The van der Waals surface area contributed by atoms with Gasteiger partial charge in [0.1, 0.15) is 28.1 Å². The summed E-state index contributed by atoms with van der Waals surface area (Å²) in [6, 6.07) is 14.4. The zero-order chi connectivity index (χ0) is 27.1. The van der Waals surface area contributed by atoms with Crippen LogP contribution in [0, 0.1) is 0 Å². The third-order valence-electron chi connectivity index (χ3n) is 7.62. The van der Waals surface area contributed by atoms with Gasteiger partial charge in [0.15, 0.2) is 10.3 Å². The van der Waals surface area contributed by atoms with Gasteiger partial charge in [0, 0.05) is 23.6 Å². The Hall–Kier alpha value is -3.92. The van der Waals surface area contributed by atoms with Crippen LogP contribution in [0.1, 0.15) is 55.0 Å². The SMILES string of the molecule is COc1ccc(Cn2c(C3(C)CC3)nc3sc(C4CCCN4C(=O)Oc4ccccc4)nc3c2=O)c(OC)c1. The highest BCUT2D eigenvalue weighted by molar-refractivity contribution is 7.18. The zero-order valence-electron chi connectivity index (χ0n) is 22.2. The fraction of sp³-hybridized carbons (Fsp3) is 0.379. The van der Waals surface area contributed by atoms with Gasteiger partial charge in [-0.1, -0.05) is 36.5 Å². The van der Waals surface area contributed by atoms with Crippen molar-refractivity contribution in [3.63, 3.8) is 0 Å². The molecular formula is C29H30N4O5S. The molecule has 0 N–H and O–H groups in total. The van der Waals surface area contributed by atoms with Crippen LogP contribution < -0.4 is 19.8 Å². The van der Waals surface area contributed by atoms with Crippen LogP contribution in [0.15, 0.2) is 53.3 Å². The molecule has 1 amide bonds. The number of para-hydroxylation sites is 1. The predicted octanol–water partition coefficient (Wildman–Crippen LogP) is 5.31. The number of hydrogen-bond donors (Lipinski definition) is 0. The van der Waals surface area contributed by atoms with Crippen LogP contribution in [0.5, 0.6) is 17.2 Å².